The molecule has 2 heterocycles. The zero-order valence-corrected chi connectivity index (χ0v) is 15.6. The quantitative estimate of drug-likeness (QED) is 0.842. The minimum atomic E-state index is -0.452. The van der Waals surface area contributed by atoms with Crippen molar-refractivity contribution < 1.29 is 19.1 Å². The number of ether oxygens (including phenoxy) is 2. The van der Waals surface area contributed by atoms with Crippen LogP contribution in [0.25, 0.3) is 0 Å². The van der Waals surface area contributed by atoms with Crippen LogP contribution in [-0.4, -0.2) is 43.0 Å². The molecule has 2 amide bonds. The number of pyridine rings is 1. The first-order valence-electron chi connectivity index (χ1n) is 8.69. The van der Waals surface area contributed by atoms with Crippen molar-refractivity contribution in [2.75, 3.05) is 21.3 Å². The molecule has 0 bridgehead atoms. The number of likely N-dealkylation sites (tertiary alicyclic amines) is 1. The molecule has 1 aliphatic heterocycles. The Morgan fingerprint density at radius 1 is 1.26 bits per heavy atom. The number of carbonyl (C=O) groups excluding carboxylic acids is 2. The van der Waals surface area contributed by atoms with Crippen LogP contribution in [0.5, 0.6) is 11.5 Å². The van der Waals surface area contributed by atoms with E-state index in [4.69, 9.17) is 9.47 Å². The fourth-order valence-corrected chi connectivity index (χ4v) is 3.42. The highest BCUT2D eigenvalue weighted by Crippen LogP contribution is 2.36. The van der Waals surface area contributed by atoms with Crippen molar-refractivity contribution >= 4 is 11.8 Å². The third kappa shape index (κ3) is 3.86. The summed E-state index contributed by atoms with van der Waals surface area (Å²) in [6.07, 6.45) is 3.56. The second-order valence-corrected chi connectivity index (χ2v) is 6.45. The van der Waals surface area contributed by atoms with Gasteiger partial charge in [-0.1, -0.05) is 12.1 Å². The van der Waals surface area contributed by atoms with Gasteiger partial charge in [0.1, 0.15) is 0 Å². The SMILES string of the molecule is COc1ccc(CNC(=O)[C@@H]2CC(=O)N(C)[C@H]2c2cccnc2)cc1OC. The van der Waals surface area contributed by atoms with Gasteiger partial charge >= 0.3 is 0 Å². The van der Waals surface area contributed by atoms with Gasteiger partial charge in [-0.2, -0.15) is 0 Å². The van der Waals surface area contributed by atoms with Crippen molar-refractivity contribution in [2.45, 2.75) is 19.0 Å². The monoisotopic (exact) mass is 369 g/mol. The van der Waals surface area contributed by atoms with E-state index in [2.05, 4.69) is 10.3 Å². The zero-order chi connectivity index (χ0) is 19.4. The molecule has 0 saturated carbocycles. The van der Waals surface area contributed by atoms with Crippen LogP contribution in [0.2, 0.25) is 0 Å². The van der Waals surface area contributed by atoms with E-state index in [1.165, 1.54) is 0 Å². The van der Waals surface area contributed by atoms with Gasteiger partial charge in [-0.25, -0.2) is 0 Å². The van der Waals surface area contributed by atoms with Gasteiger partial charge in [0.05, 0.1) is 26.2 Å². The molecule has 27 heavy (non-hydrogen) atoms. The number of nitrogens with zero attached hydrogens (tertiary/aromatic N) is 2. The second-order valence-electron chi connectivity index (χ2n) is 6.45. The molecule has 1 aliphatic rings. The summed E-state index contributed by atoms with van der Waals surface area (Å²) < 4.78 is 10.5. The van der Waals surface area contributed by atoms with E-state index in [1.54, 1.807) is 44.6 Å². The third-order valence-electron chi connectivity index (χ3n) is 4.86. The Bertz CT molecular complexity index is 825. The lowest BCUT2D eigenvalue weighted by atomic mass is 9.94. The first-order chi connectivity index (χ1) is 13.0. The van der Waals surface area contributed by atoms with Crippen molar-refractivity contribution in [3.05, 3.63) is 53.9 Å². The first kappa shape index (κ1) is 18.7. The predicted octanol–water partition coefficient (Wildman–Crippen LogP) is 1.93. The maximum atomic E-state index is 12.8. The summed E-state index contributed by atoms with van der Waals surface area (Å²) in [6, 6.07) is 8.88. The van der Waals surface area contributed by atoms with Crippen LogP contribution in [0.1, 0.15) is 23.6 Å². The first-order valence-corrected chi connectivity index (χ1v) is 8.69. The van der Waals surface area contributed by atoms with Crippen molar-refractivity contribution in [1.29, 1.82) is 0 Å². The van der Waals surface area contributed by atoms with E-state index in [0.717, 1.165) is 11.1 Å². The van der Waals surface area contributed by atoms with E-state index in [9.17, 15) is 9.59 Å². The minimum Gasteiger partial charge on any atom is -0.493 e. The number of rotatable bonds is 6. The summed E-state index contributed by atoms with van der Waals surface area (Å²) in [7, 11) is 4.87. The number of hydrogen-bond acceptors (Lipinski definition) is 5. The number of carbonyl (C=O) groups is 2. The summed E-state index contributed by atoms with van der Waals surface area (Å²) in [6.45, 7) is 0.341. The van der Waals surface area contributed by atoms with Crippen LogP contribution in [0.15, 0.2) is 42.7 Å². The smallest absolute Gasteiger partial charge is 0.226 e. The van der Waals surface area contributed by atoms with Crippen molar-refractivity contribution in [1.82, 2.24) is 15.2 Å². The molecule has 142 valence electrons. The summed E-state index contributed by atoms with van der Waals surface area (Å²) in [5, 5.41) is 2.94. The highest BCUT2D eigenvalue weighted by molar-refractivity contribution is 5.90. The molecule has 2 atom stereocenters. The Balaban J connectivity index is 1.72. The van der Waals surface area contributed by atoms with Crippen molar-refractivity contribution in [2.24, 2.45) is 5.92 Å². The van der Waals surface area contributed by atoms with Gasteiger partial charge < -0.3 is 19.7 Å². The van der Waals surface area contributed by atoms with E-state index < -0.39 is 5.92 Å². The number of nitrogens with one attached hydrogen (secondary N) is 1. The van der Waals surface area contributed by atoms with Crippen LogP contribution in [-0.2, 0) is 16.1 Å². The van der Waals surface area contributed by atoms with Crippen molar-refractivity contribution in [3.63, 3.8) is 0 Å². The Kier molecular flexibility index (Phi) is 5.59. The molecular weight excluding hydrogens is 346 g/mol. The molecule has 7 nitrogen and oxygen atoms in total. The number of amides is 2. The molecule has 2 aromatic rings. The van der Waals surface area contributed by atoms with Gasteiger partial charge in [-0.15, -0.1) is 0 Å². The molecule has 0 aliphatic carbocycles. The fourth-order valence-electron chi connectivity index (χ4n) is 3.42. The molecule has 1 aromatic heterocycles. The minimum absolute atomic E-state index is 0.0462. The molecule has 1 fully saturated rings. The normalized spacial score (nSPS) is 19.1. The lowest BCUT2D eigenvalue weighted by Crippen LogP contribution is -2.34. The summed E-state index contributed by atoms with van der Waals surface area (Å²) in [4.78, 5) is 30.7. The summed E-state index contributed by atoms with van der Waals surface area (Å²) in [5.74, 6) is 0.582. The molecule has 0 spiro atoms. The maximum Gasteiger partial charge on any atom is 0.226 e. The molecule has 7 heteroatoms. The van der Waals surface area contributed by atoms with Gasteiger partial charge in [0.15, 0.2) is 11.5 Å². The topological polar surface area (TPSA) is 80.8 Å². The number of aromatic nitrogens is 1. The number of hydrogen-bond donors (Lipinski definition) is 1. The van der Waals surface area contributed by atoms with E-state index >= 15 is 0 Å². The number of benzene rings is 1. The molecular formula is C20H23N3O4. The fraction of sp³-hybridized carbons (Fsp3) is 0.350. The van der Waals surface area contributed by atoms with E-state index in [0.29, 0.717) is 18.0 Å². The van der Waals surface area contributed by atoms with Crippen LogP contribution < -0.4 is 14.8 Å². The summed E-state index contributed by atoms with van der Waals surface area (Å²) >= 11 is 0. The van der Waals surface area contributed by atoms with Gasteiger partial charge in [-0.05, 0) is 29.3 Å². The van der Waals surface area contributed by atoms with Gasteiger partial charge in [0.2, 0.25) is 11.8 Å². The Morgan fingerprint density at radius 3 is 2.70 bits per heavy atom. The second kappa shape index (κ2) is 8.07. The van der Waals surface area contributed by atoms with Crippen LogP contribution in [0, 0.1) is 5.92 Å². The van der Waals surface area contributed by atoms with Crippen LogP contribution in [0.3, 0.4) is 0 Å². The molecule has 0 unspecified atom stereocenters. The lowest BCUT2D eigenvalue weighted by molar-refractivity contribution is -0.128. The average Bonchev–Trinajstić information content (AvgIpc) is 3.01. The lowest BCUT2D eigenvalue weighted by Gasteiger charge is -2.24. The molecule has 1 aromatic carbocycles. The van der Waals surface area contributed by atoms with E-state index in [-0.39, 0.29) is 24.3 Å². The highest BCUT2D eigenvalue weighted by Gasteiger charge is 2.42. The maximum absolute atomic E-state index is 12.8. The van der Waals surface area contributed by atoms with E-state index in [1.807, 2.05) is 24.3 Å². The Morgan fingerprint density at radius 2 is 2.04 bits per heavy atom. The number of methoxy groups -OCH3 is 2. The van der Waals surface area contributed by atoms with Gasteiger partial charge in [0.25, 0.3) is 0 Å². The van der Waals surface area contributed by atoms with Gasteiger partial charge in [-0.3, -0.25) is 14.6 Å². The average molecular weight is 369 g/mol. The molecule has 3 rings (SSSR count). The summed E-state index contributed by atoms with van der Waals surface area (Å²) in [5.41, 5.74) is 1.74. The third-order valence-corrected chi connectivity index (χ3v) is 4.86. The largest absolute Gasteiger partial charge is 0.493 e. The highest BCUT2D eigenvalue weighted by atomic mass is 16.5. The van der Waals surface area contributed by atoms with Gasteiger partial charge in [0, 0.05) is 32.4 Å². The van der Waals surface area contributed by atoms with Crippen LogP contribution in [0.4, 0.5) is 0 Å². The van der Waals surface area contributed by atoms with Crippen LogP contribution >= 0.6 is 0 Å². The van der Waals surface area contributed by atoms with Crippen molar-refractivity contribution in [3.8, 4) is 11.5 Å². The zero-order valence-electron chi connectivity index (χ0n) is 15.6. The Hall–Kier alpha value is -3.09. The molecule has 0 radical (unpaired) electrons. The molecule has 1 N–H and O–H groups in total. The molecule has 1 saturated heterocycles. The Labute approximate surface area is 158 Å². The standard InChI is InChI=1S/C20H23N3O4/c1-23-18(24)10-15(19(23)14-5-4-8-21-12-14)20(25)22-11-13-6-7-16(26-2)17(9-13)27-3/h4-9,12,15,19H,10-11H2,1-3H3,(H,22,25)/t15-,19+/m1/s1. The predicted molar refractivity (Wildman–Crippen MR) is 99.2 cm³/mol.